The molecule has 4 aromatic rings. The van der Waals surface area contributed by atoms with Crippen LogP contribution in [0, 0.1) is 158 Å². The SMILES string of the molecule is COC1C(c2ccccc2)C2CC(C)C(CC3C(C)CC4C(c5ccc(C(C)(C)C)cc5)CCCC34)C2CC1C(C)(C)C.COC1C(c2ccccc2)C2CC(C)C(CC3C(C)CC4C(c5ccccc5)CC(C(C)(C)C)CC34)C2CC1C(C)(C)C.[CH3-].[CH3-].[CH3-].[CH3-].[Cl][Zr+2][Cl].[Cl][Zr+2][Cl]. The number of hydrogen-bond acceptors (Lipinski definition) is 2. The average molecular weight is 1550 g/mol. The Balaban J connectivity index is 0.000000309. The molecule has 0 aromatic heterocycles. The van der Waals surface area contributed by atoms with Crippen molar-refractivity contribution in [3.8, 4) is 0 Å². The first-order valence-electron chi connectivity index (χ1n) is 36.8. The van der Waals surface area contributed by atoms with Crippen molar-refractivity contribution in [3.05, 3.63) is 173 Å². The van der Waals surface area contributed by atoms with Crippen molar-refractivity contribution in [2.24, 2.45) is 129 Å². The van der Waals surface area contributed by atoms with Crippen LogP contribution in [0.1, 0.15) is 246 Å². The van der Waals surface area contributed by atoms with Crippen LogP contribution in [0.5, 0.6) is 0 Å². The van der Waals surface area contributed by atoms with Crippen LogP contribution >= 0.6 is 34.1 Å². The molecule has 25 unspecified atom stereocenters. The van der Waals surface area contributed by atoms with Gasteiger partial charge >= 0.3 is 75.7 Å². The van der Waals surface area contributed by atoms with Gasteiger partial charge in [-0.1, -0.05) is 232 Å². The Morgan fingerprint density at radius 3 is 1.05 bits per heavy atom. The first-order chi connectivity index (χ1) is 43.6. The summed E-state index contributed by atoms with van der Waals surface area (Å²) < 4.78 is 13.0. The molecule has 8 aliphatic rings. The van der Waals surface area contributed by atoms with Gasteiger partial charge in [-0.05, 0) is 251 Å². The number of rotatable bonds is 10. The zero-order chi connectivity index (χ0) is 66.8. The molecule has 8 aliphatic carbocycles. The van der Waals surface area contributed by atoms with Gasteiger partial charge in [0.15, 0.2) is 0 Å². The van der Waals surface area contributed by atoms with Crippen molar-refractivity contribution >= 4 is 34.1 Å². The number of ether oxygens (including phenoxy) is 2. The van der Waals surface area contributed by atoms with Gasteiger partial charge in [-0.25, -0.2) is 0 Å². The second kappa shape index (κ2) is 37.1. The van der Waals surface area contributed by atoms with E-state index in [4.69, 9.17) is 43.5 Å². The maximum atomic E-state index is 6.49. The summed E-state index contributed by atoms with van der Waals surface area (Å²) in [6, 6.07) is 44.5. The van der Waals surface area contributed by atoms with Crippen molar-refractivity contribution in [3.63, 3.8) is 0 Å². The van der Waals surface area contributed by atoms with E-state index < -0.39 is 41.7 Å². The Hall–Kier alpha value is -0.274. The number of fused-ring (bicyclic) bond motifs is 4. The minimum absolute atomic E-state index is 0. The van der Waals surface area contributed by atoms with Gasteiger partial charge in [-0.3, -0.25) is 0 Å². The third kappa shape index (κ3) is 19.4. The average Bonchev–Trinajstić information content (AvgIpc) is 1.54. The second-order valence-electron chi connectivity index (χ2n) is 36.1. The zero-order valence-electron chi connectivity index (χ0n) is 64.4. The molecule has 536 valence electrons. The number of benzene rings is 4. The molecule has 12 rings (SSSR count). The van der Waals surface area contributed by atoms with Gasteiger partial charge in [0.1, 0.15) is 0 Å². The van der Waals surface area contributed by atoms with E-state index in [-0.39, 0.29) is 46.0 Å². The number of halogens is 4. The zero-order valence-corrected chi connectivity index (χ0v) is 72.4. The van der Waals surface area contributed by atoms with Crippen molar-refractivity contribution in [1.29, 1.82) is 0 Å². The molecule has 25 atom stereocenters. The van der Waals surface area contributed by atoms with Crippen LogP contribution in [0.25, 0.3) is 0 Å². The molecule has 0 heterocycles. The van der Waals surface area contributed by atoms with Crippen LogP contribution in [-0.2, 0) is 56.6 Å². The Labute approximate surface area is 630 Å². The van der Waals surface area contributed by atoms with Gasteiger partial charge in [-0.2, -0.15) is 0 Å². The molecule has 0 radical (unpaired) electrons. The summed E-state index contributed by atoms with van der Waals surface area (Å²) in [5, 5.41) is 0. The van der Waals surface area contributed by atoms with Gasteiger partial charge < -0.3 is 39.2 Å². The monoisotopic (exact) mass is 1540 g/mol. The van der Waals surface area contributed by atoms with E-state index in [1.165, 1.54) is 100 Å². The quantitative estimate of drug-likeness (QED) is 0.147. The Kier molecular flexibility index (Phi) is 33.4. The van der Waals surface area contributed by atoms with Crippen molar-refractivity contribution < 1.29 is 51.2 Å². The van der Waals surface area contributed by atoms with E-state index in [9.17, 15) is 0 Å². The molecule has 8 saturated carbocycles. The molecule has 0 aliphatic heterocycles. The topological polar surface area (TPSA) is 18.5 Å². The third-order valence-electron chi connectivity index (χ3n) is 27.4. The van der Waals surface area contributed by atoms with E-state index in [1.54, 1.807) is 11.1 Å². The fourth-order valence-corrected chi connectivity index (χ4v) is 23.1. The normalized spacial score (nSPS) is 36.7. The van der Waals surface area contributed by atoms with Gasteiger partial charge in [0.05, 0.1) is 12.2 Å². The van der Waals surface area contributed by atoms with Gasteiger partial charge in [0.2, 0.25) is 0 Å². The Morgan fingerprint density at radius 2 is 0.698 bits per heavy atom. The van der Waals surface area contributed by atoms with Gasteiger partial charge in [-0.15, -0.1) is 0 Å². The molecule has 96 heavy (non-hydrogen) atoms. The van der Waals surface area contributed by atoms with E-state index in [0.29, 0.717) is 41.3 Å². The van der Waals surface area contributed by atoms with Crippen LogP contribution in [0.3, 0.4) is 0 Å². The minimum atomic E-state index is -0.826. The molecule has 0 spiro atoms. The Bertz CT molecular complexity index is 2840. The molecular formula is C88H136Cl4O2Zr2. The van der Waals surface area contributed by atoms with Crippen LogP contribution < -0.4 is 0 Å². The van der Waals surface area contributed by atoms with Crippen LogP contribution in [-0.4, -0.2) is 26.4 Å². The molecule has 8 fully saturated rings. The second-order valence-corrected chi connectivity index (χ2v) is 43.5. The molecular weight excluding hydrogens is 1410 g/mol. The number of methoxy groups -OCH3 is 2. The fourth-order valence-electron chi connectivity index (χ4n) is 23.1. The fraction of sp³-hybridized carbons (Fsp3) is 0.682. The summed E-state index contributed by atoms with van der Waals surface area (Å²) in [4.78, 5) is 0. The summed E-state index contributed by atoms with van der Waals surface area (Å²) >= 11 is -1.65. The first-order valence-corrected chi connectivity index (χ1v) is 49.5. The van der Waals surface area contributed by atoms with E-state index in [1.807, 2.05) is 14.2 Å². The first kappa shape index (κ1) is 86.4. The molecule has 0 bridgehead atoms. The third-order valence-corrected chi connectivity index (χ3v) is 27.4. The molecule has 2 nitrogen and oxygen atoms in total. The summed E-state index contributed by atoms with van der Waals surface area (Å²) in [5.74, 6) is 18.0. The standard InChI is InChI=1S/2C42H62O.4CH3.4ClH.2Zr/c1-26-20-34-33(28-16-12-10-13-17-28)22-30(41(3,4)5)23-35(34)31(26)24-32-27(2)21-37-36(32)25-38(42(6,7)8)40(43-9)39(37)29-18-14-11-15-19-29;1-26-22-35-31(28-18-20-30(21-19-28)41(3,4)5)16-13-17-32(35)33(26)24-34-27(2)23-37-36(34)25-38(42(6,7)8)40(43-9)39(37)29-14-11-10-12-15-29;;;;;;;;;;/h10-19,26-27,30-40H,20-25H2,1-9H3;10-12,14-15,18-21,26-27,31-40H,13,16-17,22-25H2,1-9H3;4*1H3;4*1H;;/q;;4*-1;;;;;2*+4/p-4. The van der Waals surface area contributed by atoms with E-state index in [0.717, 1.165) is 112 Å². The molecule has 4 aromatic carbocycles. The summed E-state index contributed by atoms with van der Waals surface area (Å²) in [6.07, 6.45) is 19.0. The molecule has 0 N–H and O–H groups in total. The molecule has 8 heteroatoms. The summed E-state index contributed by atoms with van der Waals surface area (Å²) in [5.41, 5.74) is 8.85. The van der Waals surface area contributed by atoms with Gasteiger partial charge in [0.25, 0.3) is 0 Å². The number of hydrogen-bond donors (Lipinski definition) is 0. The van der Waals surface area contributed by atoms with Crippen molar-refractivity contribution in [2.75, 3.05) is 14.2 Å². The maximum absolute atomic E-state index is 6.49. The van der Waals surface area contributed by atoms with E-state index >= 15 is 0 Å². The van der Waals surface area contributed by atoms with Crippen LogP contribution in [0.15, 0.2) is 115 Å². The molecule has 0 amide bonds. The van der Waals surface area contributed by atoms with E-state index in [2.05, 4.69) is 226 Å². The molecule has 0 saturated heterocycles. The van der Waals surface area contributed by atoms with Crippen LogP contribution in [0.4, 0.5) is 0 Å². The summed E-state index contributed by atoms with van der Waals surface area (Å²) in [7, 11) is 23.7. The Morgan fingerprint density at radius 1 is 0.365 bits per heavy atom. The predicted molar refractivity (Wildman–Crippen MR) is 413 cm³/mol. The van der Waals surface area contributed by atoms with Gasteiger partial charge in [0, 0.05) is 26.1 Å². The van der Waals surface area contributed by atoms with Crippen LogP contribution in [0.2, 0.25) is 0 Å². The van der Waals surface area contributed by atoms with Crippen molar-refractivity contribution in [1.82, 2.24) is 0 Å². The summed E-state index contributed by atoms with van der Waals surface area (Å²) in [6.45, 7) is 39.9. The van der Waals surface area contributed by atoms with Crippen molar-refractivity contribution in [2.45, 2.75) is 236 Å². The predicted octanol–water partition coefficient (Wildman–Crippen LogP) is 27.1.